The average Bonchev–Trinajstić information content (AvgIpc) is 2.95. The van der Waals surface area contributed by atoms with Gasteiger partial charge in [0.15, 0.2) is 5.82 Å². The monoisotopic (exact) mass is 289 g/mol. The topological polar surface area (TPSA) is 56.5 Å². The minimum atomic E-state index is -0.355. The van der Waals surface area contributed by atoms with Crippen molar-refractivity contribution in [2.75, 3.05) is 0 Å². The molecule has 0 spiro atoms. The van der Waals surface area contributed by atoms with Gasteiger partial charge in [-0.2, -0.15) is 15.0 Å². The Bertz CT molecular complexity index is 757. The van der Waals surface area contributed by atoms with Crippen LogP contribution in [0.2, 0.25) is 5.28 Å². The zero-order chi connectivity index (χ0) is 14.1. The molecule has 1 aromatic carbocycles. The molecule has 7 heteroatoms. The summed E-state index contributed by atoms with van der Waals surface area (Å²) in [6.07, 6.45) is 4.84. The van der Waals surface area contributed by atoms with Gasteiger partial charge in [-0.1, -0.05) is 6.07 Å². The molecule has 0 unspecified atom stereocenters. The second kappa shape index (κ2) is 4.97. The summed E-state index contributed by atoms with van der Waals surface area (Å²) in [5.41, 5.74) is 1.43. The number of hydrogen-bond acceptors (Lipinski definition) is 4. The standard InChI is InChI=1S/C13H9ClFN5/c1-8-2-3-9(15)6-10(8)11-17-12(14)19-13(18-11)20-5-4-16-7-20/h2-7H,1H3. The number of halogens is 2. The van der Waals surface area contributed by atoms with Gasteiger partial charge in [0.1, 0.15) is 12.1 Å². The first kappa shape index (κ1) is 12.7. The van der Waals surface area contributed by atoms with Crippen molar-refractivity contribution in [3.63, 3.8) is 0 Å². The maximum Gasteiger partial charge on any atom is 0.239 e. The zero-order valence-corrected chi connectivity index (χ0v) is 11.2. The minimum absolute atomic E-state index is 0.0439. The summed E-state index contributed by atoms with van der Waals surface area (Å²) < 4.78 is 15.0. The van der Waals surface area contributed by atoms with E-state index in [1.807, 2.05) is 6.92 Å². The Morgan fingerprint density at radius 1 is 1.20 bits per heavy atom. The number of imidazole rings is 1. The van der Waals surface area contributed by atoms with E-state index in [9.17, 15) is 4.39 Å². The Morgan fingerprint density at radius 2 is 2.05 bits per heavy atom. The lowest BCUT2D eigenvalue weighted by atomic mass is 10.1. The van der Waals surface area contributed by atoms with Crippen LogP contribution in [0.1, 0.15) is 5.56 Å². The van der Waals surface area contributed by atoms with Gasteiger partial charge in [-0.25, -0.2) is 9.37 Å². The molecule has 3 aromatic rings. The van der Waals surface area contributed by atoms with E-state index in [-0.39, 0.29) is 11.1 Å². The third-order valence-electron chi connectivity index (χ3n) is 2.77. The fourth-order valence-electron chi connectivity index (χ4n) is 1.79. The summed E-state index contributed by atoms with van der Waals surface area (Å²) in [6, 6.07) is 4.43. The van der Waals surface area contributed by atoms with Crippen LogP contribution in [0.3, 0.4) is 0 Å². The van der Waals surface area contributed by atoms with E-state index in [0.29, 0.717) is 17.3 Å². The molecular formula is C13H9ClFN5. The van der Waals surface area contributed by atoms with E-state index in [4.69, 9.17) is 11.6 Å². The molecule has 0 bridgehead atoms. The predicted molar refractivity (Wildman–Crippen MR) is 72.1 cm³/mol. The summed E-state index contributed by atoms with van der Waals surface area (Å²) in [5, 5.41) is 0.0439. The quantitative estimate of drug-likeness (QED) is 0.728. The molecule has 2 aromatic heterocycles. The fraction of sp³-hybridized carbons (Fsp3) is 0.0769. The smallest absolute Gasteiger partial charge is 0.239 e. The number of aromatic nitrogens is 5. The molecule has 0 aliphatic carbocycles. The van der Waals surface area contributed by atoms with Crippen LogP contribution in [-0.2, 0) is 0 Å². The van der Waals surface area contributed by atoms with Gasteiger partial charge in [-0.15, -0.1) is 0 Å². The maximum absolute atomic E-state index is 13.4. The molecule has 20 heavy (non-hydrogen) atoms. The normalized spacial score (nSPS) is 10.8. The lowest BCUT2D eigenvalue weighted by Gasteiger charge is -2.07. The van der Waals surface area contributed by atoms with Gasteiger partial charge >= 0.3 is 0 Å². The molecule has 0 atom stereocenters. The van der Waals surface area contributed by atoms with Gasteiger partial charge in [0.05, 0.1) is 0 Å². The molecule has 0 radical (unpaired) electrons. The molecule has 0 aliphatic rings. The predicted octanol–water partition coefficient (Wildman–Crippen LogP) is 2.83. The Hall–Kier alpha value is -2.34. The summed E-state index contributed by atoms with van der Waals surface area (Å²) >= 11 is 5.92. The zero-order valence-electron chi connectivity index (χ0n) is 10.5. The van der Waals surface area contributed by atoms with Gasteiger partial charge in [0.25, 0.3) is 0 Å². The molecular weight excluding hydrogens is 281 g/mol. The van der Waals surface area contributed by atoms with Gasteiger partial charge in [0.2, 0.25) is 11.2 Å². The molecule has 0 N–H and O–H groups in total. The highest BCUT2D eigenvalue weighted by Crippen LogP contribution is 2.22. The molecule has 100 valence electrons. The van der Waals surface area contributed by atoms with Crippen molar-refractivity contribution in [3.05, 3.63) is 53.6 Å². The molecule has 0 fully saturated rings. The Kier molecular flexibility index (Phi) is 3.15. The SMILES string of the molecule is Cc1ccc(F)cc1-c1nc(Cl)nc(-n2ccnc2)n1. The van der Waals surface area contributed by atoms with E-state index >= 15 is 0 Å². The van der Waals surface area contributed by atoms with Crippen molar-refractivity contribution in [2.24, 2.45) is 0 Å². The van der Waals surface area contributed by atoms with Crippen molar-refractivity contribution in [1.29, 1.82) is 0 Å². The first-order valence-corrected chi connectivity index (χ1v) is 6.18. The minimum Gasteiger partial charge on any atom is -0.274 e. The van der Waals surface area contributed by atoms with Crippen LogP contribution in [0.25, 0.3) is 17.3 Å². The number of benzene rings is 1. The van der Waals surface area contributed by atoms with Crippen LogP contribution in [0.4, 0.5) is 4.39 Å². The molecule has 0 amide bonds. The van der Waals surface area contributed by atoms with Crippen LogP contribution in [-0.4, -0.2) is 24.5 Å². The lowest BCUT2D eigenvalue weighted by Crippen LogP contribution is -2.03. The van der Waals surface area contributed by atoms with Crippen molar-refractivity contribution >= 4 is 11.6 Å². The molecule has 0 aliphatic heterocycles. The van der Waals surface area contributed by atoms with Gasteiger partial charge in [-0.05, 0) is 36.2 Å². The van der Waals surface area contributed by atoms with Crippen molar-refractivity contribution in [2.45, 2.75) is 6.92 Å². The first-order valence-electron chi connectivity index (χ1n) is 5.80. The van der Waals surface area contributed by atoms with E-state index in [1.54, 1.807) is 29.4 Å². The second-order valence-corrected chi connectivity index (χ2v) is 4.50. The first-order chi connectivity index (χ1) is 9.63. The van der Waals surface area contributed by atoms with Crippen molar-refractivity contribution in [3.8, 4) is 17.3 Å². The maximum atomic E-state index is 13.4. The Balaban J connectivity index is 2.17. The number of aryl methyl sites for hydroxylation is 1. The van der Waals surface area contributed by atoms with Crippen LogP contribution >= 0.6 is 11.6 Å². The van der Waals surface area contributed by atoms with Crippen LogP contribution in [0.5, 0.6) is 0 Å². The van der Waals surface area contributed by atoms with E-state index in [1.165, 1.54) is 12.1 Å². The summed E-state index contributed by atoms with van der Waals surface area (Å²) in [7, 11) is 0. The van der Waals surface area contributed by atoms with Crippen LogP contribution < -0.4 is 0 Å². The number of rotatable bonds is 2. The Morgan fingerprint density at radius 3 is 2.80 bits per heavy atom. The molecule has 3 rings (SSSR count). The third-order valence-corrected chi connectivity index (χ3v) is 2.94. The van der Waals surface area contributed by atoms with Gasteiger partial charge < -0.3 is 0 Å². The fourth-order valence-corrected chi connectivity index (χ4v) is 1.94. The lowest BCUT2D eigenvalue weighted by molar-refractivity contribution is 0.627. The van der Waals surface area contributed by atoms with E-state index in [0.717, 1.165) is 5.56 Å². The largest absolute Gasteiger partial charge is 0.274 e. The summed E-state index contributed by atoms with van der Waals surface area (Å²) in [4.78, 5) is 16.3. The highest BCUT2D eigenvalue weighted by Gasteiger charge is 2.11. The van der Waals surface area contributed by atoms with Crippen molar-refractivity contribution in [1.82, 2.24) is 24.5 Å². The number of hydrogen-bond donors (Lipinski definition) is 0. The average molecular weight is 290 g/mol. The van der Waals surface area contributed by atoms with Gasteiger partial charge in [0, 0.05) is 18.0 Å². The second-order valence-electron chi connectivity index (χ2n) is 4.16. The molecule has 2 heterocycles. The van der Waals surface area contributed by atoms with Gasteiger partial charge in [-0.3, -0.25) is 4.57 Å². The number of nitrogens with zero attached hydrogens (tertiary/aromatic N) is 5. The third kappa shape index (κ3) is 2.37. The summed E-state index contributed by atoms with van der Waals surface area (Å²) in [6.45, 7) is 1.85. The van der Waals surface area contributed by atoms with Crippen LogP contribution in [0, 0.1) is 12.7 Å². The van der Waals surface area contributed by atoms with E-state index in [2.05, 4.69) is 19.9 Å². The van der Waals surface area contributed by atoms with Crippen LogP contribution in [0.15, 0.2) is 36.9 Å². The highest BCUT2D eigenvalue weighted by molar-refractivity contribution is 6.28. The van der Waals surface area contributed by atoms with E-state index < -0.39 is 0 Å². The Labute approximate surface area is 119 Å². The van der Waals surface area contributed by atoms with Crippen molar-refractivity contribution < 1.29 is 4.39 Å². The molecule has 5 nitrogen and oxygen atoms in total. The highest BCUT2D eigenvalue weighted by atomic mass is 35.5. The molecule has 0 saturated carbocycles. The molecule has 0 saturated heterocycles. The summed E-state index contributed by atoms with van der Waals surface area (Å²) in [5.74, 6) is 0.304.